The van der Waals surface area contributed by atoms with Gasteiger partial charge in [0.15, 0.2) is 0 Å². The van der Waals surface area contributed by atoms with Crippen molar-refractivity contribution in [3.8, 4) is 6.07 Å². The van der Waals surface area contributed by atoms with Gasteiger partial charge in [0.2, 0.25) is 0 Å². The van der Waals surface area contributed by atoms with E-state index in [9.17, 15) is 0 Å². The number of nitriles is 1. The van der Waals surface area contributed by atoms with Crippen molar-refractivity contribution in [1.29, 1.82) is 5.26 Å². The van der Waals surface area contributed by atoms with Gasteiger partial charge in [0, 0.05) is 29.4 Å². The summed E-state index contributed by atoms with van der Waals surface area (Å²) in [4.78, 5) is 2.09. The second-order valence-corrected chi connectivity index (χ2v) is 5.29. The lowest BCUT2D eigenvalue weighted by atomic mass is 10.1. The molecule has 0 aromatic heterocycles. The first-order valence-electron chi connectivity index (χ1n) is 5.85. The number of nitrogens with two attached hydrogens (primary N) is 1. The van der Waals surface area contributed by atoms with Crippen molar-refractivity contribution in [3.63, 3.8) is 0 Å². The van der Waals surface area contributed by atoms with E-state index in [0.717, 1.165) is 16.7 Å². The molecule has 0 saturated heterocycles. The lowest BCUT2D eigenvalue weighted by Gasteiger charge is -2.20. The summed E-state index contributed by atoms with van der Waals surface area (Å²) < 4.78 is 1.06. The Bertz CT molecular complexity index is 632. The van der Waals surface area contributed by atoms with Crippen LogP contribution in [0, 0.1) is 11.3 Å². The van der Waals surface area contributed by atoms with Crippen LogP contribution in [0.2, 0.25) is 0 Å². The predicted molar refractivity (Wildman–Crippen MR) is 81.8 cm³/mol. The van der Waals surface area contributed by atoms with E-state index in [0.29, 0.717) is 11.3 Å². The van der Waals surface area contributed by atoms with Crippen molar-refractivity contribution in [1.82, 2.24) is 0 Å². The molecule has 0 spiro atoms. The van der Waals surface area contributed by atoms with Gasteiger partial charge in [0.05, 0.1) is 5.56 Å². The topological polar surface area (TPSA) is 53.0 Å². The number of nitrogen functional groups attached to an aromatic ring is 1. The molecule has 0 unspecified atom stereocenters. The molecule has 0 heterocycles. The normalized spacial score (nSPS) is 9.95. The molecule has 2 aromatic rings. The summed E-state index contributed by atoms with van der Waals surface area (Å²) in [5.74, 6) is 0. The molecule has 3 nitrogen and oxygen atoms in total. The fourth-order valence-corrected chi connectivity index (χ4v) is 2.33. The maximum atomic E-state index is 9.00. The van der Waals surface area contributed by atoms with Gasteiger partial charge >= 0.3 is 0 Å². The Kier molecular flexibility index (Phi) is 4.08. The van der Waals surface area contributed by atoms with Gasteiger partial charge in [-0.2, -0.15) is 5.26 Å². The highest BCUT2D eigenvalue weighted by Crippen LogP contribution is 2.22. The molecule has 0 bridgehead atoms. The quantitative estimate of drug-likeness (QED) is 0.881. The van der Waals surface area contributed by atoms with Gasteiger partial charge in [-0.05, 0) is 35.9 Å². The summed E-state index contributed by atoms with van der Waals surface area (Å²) in [5.41, 5.74) is 8.93. The van der Waals surface area contributed by atoms with Crippen LogP contribution in [0.15, 0.2) is 46.9 Å². The molecule has 2 rings (SSSR count). The average Bonchev–Trinajstić information content (AvgIpc) is 2.39. The minimum Gasteiger partial charge on any atom is -0.398 e. The molecule has 0 aliphatic heterocycles. The molecule has 0 radical (unpaired) electrons. The molecule has 0 fully saturated rings. The predicted octanol–water partition coefficient (Wildman–Crippen LogP) is 3.54. The van der Waals surface area contributed by atoms with Crippen LogP contribution in [0.1, 0.15) is 11.1 Å². The van der Waals surface area contributed by atoms with Gasteiger partial charge in [-0.1, -0.05) is 28.1 Å². The number of hydrogen-bond acceptors (Lipinski definition) is 3. The molecule has 0 aliphatic carbocycles. The Morgan fingerprint density at radius 1 is 1.26 bits per heavy atom. The summed E-state index contributed by atoms with van der Waals surface area (Å²) in [6, 6.07) is 15.8. The van der Waals surface area contributed by atoms with Gasteiger partial charge in [-0.25, -0.2) is 0 Å². The zero-order chi connectivity index (χ0) is 13.8. The third-order valence-corrected chi connectivity index (χ3v) is 3.40. The first kappa shape index (κ1) is 13.4. The summed E-state index contributed by atoms with van der Waals surface area (Å²) in [6.07, 6.45) is 0. The molecule has 0 amide bonds. The third kappa shape index (κ3) is 3.27. The van der Waals surface area contributed by atoms with Crippen molar-refractivity contribution >= 4 is 27.3 Å². The largest absolute Gasteiger partial charge is 0.398 e. The molecule has 0 saturated carbocycles. The molecule has 0 atom stereocenters. The average molecular weight is 316 g/mol. The standard InChI is InChI=1S/C15H14BrN3/c1-19(10-11-3-2-4-13(16)7-11)14-5-6-15(18)12(8-14)9-17/h2-8H,10,18H2,1H3. The van der Waals surface area contributed by atoms with Crippen molar-refractivity contribution in [2.45, 2.75) is 6.54 Å². The molecular weight excluding hydrogens is 302 g/mol. The van der Waals surface area contributed by atoms with E-state index in [2.05, 4.69) is 39.0 Å². The summed E-state index contributed by atoms with van der Waals surface area (Å²) in [7, 11) is 1.99. The highest BCUT2D eigenvalue weighted by Gasteiger charge is 2.05. The third-order valence-electron chi connectivity index (χ3n) is 2.91. The highest BCUT2D eigenvalue weighted by molar-refractivity contribution is 9.10. The molecular formula is C15H14BrN3. The van der Waals surface area contributed by atoms with E-state index in [1.54, 1.807) is 6.07 Å². The second kappa shape index (κ2) is 5.77. The zero-order valence-electron chi connectivity index (χ0n) is 10.6. The summed E-state index contributed by atoms with van der Waals surface area (Å²) in [5, 5.41) is 9.00. The van der Waals surface area contributed by atoms with Gasteiger partial charge in [-0.3, -0.25) is 0 Å². The van der Waals surface area contributed by atoms with Crippen molar-refractivity contribution < 1.29 is 0 Å². The first-order chi connectivity index (χ1) is 9.10. The van der Waals surface area contributed by atoms with Crippen LogP contribution >= 0.6 is 15.9 Å². The lowest BCUT2D eigenvalue weighted by Crippen LogP contribution is -2.16. The van der Waals surface area contributed by atoms with E-state index in [-0.39, 0.29) is 0 Å². The van der Waals surface area contributed by atoms with Crippen molar-refractivity contribution in [2.75, 3.05) is 17.7 Å². The summed E-state index contributed by atoms with van der Waals surface area (Å²) >= 11 is 3.46. The van der Waals surface area contributed by atoms with Crippen LogP contribution < -0.4 is 10.6 Å². The maximum absolute atomic E-state index is 9.00. The van der Waals surface area contributed by atoms with E-state index in [1.165, 1.54) is 5.56 Å². The molecule has 19 heavy (non-hydrogen) atoms. The minimum atomic E-state index is 0.513. The Morgan fingerprint density at radius 2 is 2.05 bits per heavy atom. The Hall–Kier alpha value is -1.99. The number of hydrogen-bond donors (Lipinski definition) is 1. The second-order valence-electron chi connectivity index (χ2n) is 4.37. The first-order valence-corrected chi connectivity index (χ1v) is 6.64. The Labute approximate surface area is 121 Å². The van der Waals surface area contributed by atoms with Crippen LogP contribution in [0.5, 0.6) is 0 Å². The van der Waals surface area contributed by atoms with Gasteiger partial charge in [0.1, 0.15) is 6.07 Å². The molecule has 0 aliphatic rings. The fraction of sp³-hybridized carbons (Fsp3) is 0.133. The monoisotopic (exact) mass is 315 g/mol. The smallest absolute Gasteiger partial charge is 0.101 e. The van der Waals surface area contributed by atoms with Crippen LogP contribution in [0.25, 0.3) is 0 Å². The number of anilines is 2. The van der Waals surface area contributed by atoms with Crippen LogP contribution in [0.3, 0.4) is 0 Å². The van der Waals surface area contributed by atoms with Crippen LogP contribution in [-0.4, -0.2) is 7.05 Å². The number of benzene rings is 2. The van der Waals surface area contributed by atoms with E-state index >= 15 is 0 Å². The van der Waals surface area contributed by atoms with E-state index in [4.69, 9.17) is 11.0 Å². The maximum Gasteiger partial charge on any atom is 0.101 e. The SMILES string of the molecule is CN(Cc1cccc(Br)c1)c1ccc(N)c(C#N)c1. The van der Waals surface area contributed by atoms with Gasteiger partial charge < -0.3 is 10.6 Å². The fourth-order valence-electron chi connectivity index (χ4n) is 1.88. The molecule has 2 aromatic carbocycles. The van der Waals surface area contributed by atoms with Crippen LogP contribution in [0.4, 0.5) is 11.4 Å². The number of rotatable bonds is 3. The molecule has 4 heteroatoms. The summed E-state index contributed by atoms with van der Waals surface area (Å²) in [6.45, 7) is 0.772. The van der Waals surface area contributed by atoms with Gasteiger partial charge in [0.25, 0.3) is 0 Å². The van der Waals surface area contributed by atoms with Crippen molar-refractivity contribution in [2.24, 2.45) is 0 Å². The zero-order valence-corrected chi connectivity index (χ0v) is 12.2. The highest BCUT2D eigenvalue weighted by atomic mass is 79.9. The van der Waals surface area contributed by atoms with E-state index in [1.807, 2.05) is 31.3 Å². The van der Waals surface area contributed by atoms with E-state index < -0.39 is 0 Å². The number of halogens is 1. The Morgan fingerprint density at radius 3 is 2.74 bits per heavy atom. The van der Waals surface area contributed by atoms with Crippen LogP contribution in [-0.2, 0) is 6.54 Å². The number of nitrogens with zero attached hydrogens (tertiary/aromatic N) is 2. The minimum absolute atomic E-state index is 0.513. The molecule has 2 N–H and O–H groups in total. The Balaban J connectivity index is 2.21. The van der Waals surface area contributed by atoms with Gasteiger partial charge in [-0.15, -0.1) is 0 Å². The lowest BCUT2D eigenvalue weighted by molar-refractivity contribution is 0.922. The molecule has 96 valence electrons. The van der Waals surface area contributed by atoms with Crippen molar-refractivity contribution in [3.05, 3.63) is 58.1 Å².